The first kappa shape index (κ1) is 24.1. The number of aromatic nitrogens is 5. The van der Waals surface area contributed by atoms with Gasteiger partial charge in [-0.25, -0.2) is 18.3 Å². The zero-order valence-corrected chi connectivity index (χ0v) is 20.8. The molecule has 35 heavy (non-hydrogen) atoms. The molecule has 2 atom stereocenters. The summed E-state index contributed by atoms with van der Waals surface area (Å²) >= 11 is 5.61. The van der Waals surface area contributed by atoms with Crippen molar-refractivity contribution >= 4 is 34.4 Å². The second kappa shape index (κ2) is 9.77. The van der Waals surface area contributed by atoms with Crippen LogP contribution in [0, 0.1) is 11.8 Å². The number of hydrogen-bond donors (Lipinski definition) is 2. The summed E-state index contributed by atoms with van der Waals surface area (Å²) in [6.07, 6.45) is 7.22. The lowest BCUT2D eigenvalue weighted by Gasteiger charge is -2.26. The molecule has 2 aliphatic rings. The topological polar surface area (TPSA) is 83.5 Å². The zero-order valence-electron chi connectivity index (χ0n) is 19.9. The van der Waals surface area contributed by atoms with Crippen LogP contribution in [0.5, 0.6) is 0 Å². The van der Waals surface area contributed by atoms with Crippen LogP contribution in [0.3, 0.4) is 0 Å². The Morgan fingerprint density at radius 1 is 1.23 bits per heavy atom. The minimum atomic E-state index is -2.72. The monoisotopic (exact) mass is 503 g/mol. The maximum absolute atomic E-state index is 13.8. The van der Waals surface area contributed by atoms with Crippen LogP contribution in [-0.2, 0) is 0 Å². The van der Waals surface area contributed by atoms with Gasteiger partial charge in [-0.1, -0.05) is 26.1 Å². The van der Waals surface area contributed by atoms with Gasteiger partial charge >= 0.3 is 0 Å². The van der Waals surface area contributed by atoms with E-state index < -0.39 is 6.43 Å². The molecule has 0 spiro atoms. The Balaban J connectivity index is 1.41. The third-order valence-corrected chi connectivity index (χ3v) is 7.62. The molecule has 0 amide bonds. The highest BCUT2D eigenvalue weighted by Crippen LogP contribution is 2.35. The van der Waals surface area contributed by atoms with Gasteiger partial charge in [0.2, 0.25) is 0 Å². The fourth-order valence-electron chi connectivity index (χ4n) is 5.33. The van der Waals surface area contributed by atoms with Crippen LogP contribution >= 0.6 is 12.2 Å². The molecule has 0 aromatic carbocycles. The highest BCUT2D eigenvalue weighted by molar-refractivity contribution is 7.81. The number of alkyl halides is 2. The Morgan fingerprint density at radius 2 is 2.00 bits per heavy atom. The van der Waals surface area contributed by atoms with Gasteiger partial charge in [0.15, 0.2) is 11.3 Å². The molecule has 3 aromatic rings. The molecule has 1 aliphatic carbocycles. The second-order valence-corrected chi connectivity index (χ2v) is 10.4. The number of nitrogens with zero attached hydrogens (tertiary/aromatic N) is 6. The summed E-state index contributed by atoms with van der Waals surface area (Å²) in [4.78, 5) is 7.13. The number of nitrogens with one attached hydrogen (secondary N) is 1. The summed E-state index contributed by atoms with van der Waals surface area (Å²) in [5.74, 6) is 1.85. The Morgan fingerprint density at radius 3 is 2.71 bits per heavy atom. The summed E-state index contributed by atoms with van der Waals surface area (Å²) in [7, 11) is 0. The molecule has 1 saturated heterocycles. The van der Waals surface area contributed by atoms with E-state index in [0.717, 1.165) is 44.5 Å². The van der Waals surface area contributed by atoms with E-state index in [9.17, 15) is 13.9 Å². The number of aliphatic hydroxyl groups is 1. The third-order valence-electron chi connectivity index (χ3n) is 7.30. The normalized spacial score (nSPS) is 25.0. The summed E-state index contributed by atoms with van der Waals surface area (Å²) < 4.78 is 30.9. The van der Waals surface area contributed by atoms with Crippen molar-refractivity contribution in [3.8, 4) is 0 Å². The Hall–Kier alpha value is -2.66. The predicted octanol–water partition coefficient (Wildman–Crippen LogP) is 4.61. The highest BCUT2D eigenvalue weighted by atomic mass is 32.1. The number of halogens is 2. The largest absolute Gasteiger partial charge is 0.394 e. The van der Waals surface area contributed by atoms with Crippen molar-refractivity contribution in [2.24, 2.45) is 11.8 Å². The molecular weight excluding hydrogens is 472 g/mol. The fourth-order valence-corrected chi connectivity index (χ4v) is 5.58. The van der Waals surface area contributed by atoms with Crippen LogP contribution in [0.4, 0.5) is 20.3 Å². The van der Waals surface area contributed by atoms with Gasteiger partial charge in [-0.15, -0.1) is 0 Å². The maximum atomic E-state index is 13.8. The molecule has 11 heteroatoms. The van der Waals surface area contributed by atoms with Gasteiger partial charge < -0.3 is 15.3 Å². The molecule has 5 rings (SSSR count). The molecule has 2 N–H and O–H groups in total. The number of thiocarbonyl (C=S) groups is 1. The molecule has 0 unspecified atom stereocenters. The van der Waals surface area contributed by atoms with E-state index >= 15 is 0 Å². The van der Waals surface area contributed by atoms with Crippen molar-refractivity contribution in [3.63, 3.8) is 0 Å². The van der Waals surface area contributed by atoms with Gasteiger partial charge in [-0.2, -0.15) is 10.2 Å². The van der Waals surface area contributed by atoms with Crippen LogP contribution in [-0.4, -0.2) is 53.7 Å². The van der Waals surface area contributed by atoms with Crippen molar-refractivity contribution < 1.29 is 13.9 Å². The fraction of sp³-hybridized carbons (Fsp3) is 0.583. The SMILES string of the molecule is C[C@H]1C[C@H](CO)N(c2ccn3ncc(C(=S)Nc4cn([C@H]5CC[C@H](C)CC5)nc4C(F)F)c3n2)C1. The van der Waals surface area contributed by atoms with E-state index in [1.165, 1.54) is 0 Å². The van der Waals surface area contributed by atoms with E-state index in [4.69, 9.17) is 17.2 Å². The van der Waals surface area contributed by atoms with Gasteiger partial charge in [0.25, 0.3) is 6.43 Å². The number of aliphatic hydroxyl groups excluding tert-OH is 1. The lowest BCUT2D eigenvalue weighted by Crippen LogP contribution is -2.33. The average molecular weight is 504 g/mol. The molecular formula is C24H31F2N7OS. The van der Waals surface area contributed by atoms with Gasteiger partial charge in [-0.3, -0.25) is 4.68 Å². The minimum absolute atomic E-state index is 0.0126. The summed E-state index contributed by atoms with van der Waals surface area (Å²) in [6.45, 7) is 5.24. The van der Waals surface area contributed by atoms with Crippen LogP contribution in [0.1, 0.15) is 69.7 Å². The Kier molecular flexibility index (Phi) is 6.71. The standard InChI is InChI=1S/C24H31F2N7OS/c1-14-3-5-16(6-4-14)33-12-19(21(30-33)22(25)26)28-24(35)18-10-27-32-8-7-20(29-23(18)32)31-11-15(2)9-17(31)13-34/h7-8,10,12,14-17,22,34H,3-6,9,11,13H2,1-2H3,(H,28,35)/t14-,15-,16-,17+/m0/s1. The molecule has 188 valence electrons. The van der Waals surface area contributed by atoms with Crippen LogP contribution in [0.25, 0.3) is 5.65 Å². The molecule has 1 saturated carbocycles. The van der Waals surface area contributed by atoms with Crippen molar-refractivity contribution in [3.05, 3.63) is 35.9 Å². The maximum Gasteiger partial charge on any atom is 0.284 e. The lowest BCUT2D eigenvalue weighted by atomic mass is 9.87. The van der Waals surface area contributed by atoms with Gasteiger partial charge in [0.1, 0.15) is 10.8 Å². The molecule has 0 bridgehead atoms. The minimum Gasteiger partial charge on any atom is -0.394 e. The molecule has 3 aromatic heterocycles. The Labute approximate surface area is 208 Å². The smallest absolute Gasteiger partial charge is 0.284 e. The van der Waals surface area contributed by atoms with Gasteiger partial charge in [0, 0.05) is 18.9 Å². The first-order valence-electron chi connectivity index (χ1n) is 12.2. The molecule has 0 radical (unpaired) electrons. The molecule has 1 aliphatic heterocycles. The third kappa shape index (κ3) is 4.75. The van der Waals surface area contributed by atoms with E-state index in [-0.39, 0.29) is 35.1 Å². The predicted molar refractivity (Wildman–Crippen MR) is 134 cm³/mol. The summed E-state index contributed by atoms with van der Waals surface area (Å²) in [6, 6.07) is 2.00. The quantitative estimate of drug-likeness (QED) is 0.476. The van der Waals surface area contributed by atoms with Crippen molar-refractivity contribution in [1.29, 1.82) is 0 Å². The average Bonchev–Trinajstić information content (AvgIpc) is 3.55. The highest BCUT2D eigenvalue weighted by Gasteiger charge is 2.31. The molecule has 8 nitrogen and oxygen atoms in total. The number of anilines is 2. The molecule has 4 heterocycles. The lowest BCUT2D eigenvalue weighted by molar-refractivity contribution is 0.144. The van der Waals surface area contributed by atoms with Crippen molar-refractivity contribution in [2.45, 2.75) is 64.5 Å². The van der Waals surface area contributed by atoms with E-state index in [1.807, 2.05) is 6.07 Å². The van der Waals surface area contributed by atoms with E-state index in [2.05, 4.69) is 34.3 Å². The summed E-state index contributed by atoms with van der Waals surface area (Å²) in [5, 5.41) is 21.3. The van der Waals surface area contributed by atoms with E-state index in [1.54, 1.807) is 27.8 Å². The van der Waals surface area contributed by atoms with Crippen molar-refractivity contribution in [1.82, 2.24) is 24.4 Å². The number of hydrogen-bond acceptors (Lipinski definition) is 6. The second-order valence-electron chi connectivity index (χ2n) is 10.0. The van der Waals surface area contributed by atoms with E-state index in [0.29, 0.717) is 23.0 Å². The number of fused-ring (bicyclic) bond motifs is 1. The van der Waals surface area contributed by atoms with Crippen LogP contribution < -0.4 is 10.2 Å². The summed E-state index contributed by atoms with van der Waals surface area (Å²) in [5.41, 5.74) is 0.998. The van der Waals surface area contributed by atoms with Crippen LogP contribution in [0.2, 0.25) is 0 Å². The Bertz CT molecular complexity index is 1200. The zero-order chi connectivity index (χ0) is 24.7. The van der Waals surface area contributed by atoms with Crippen LogP contribution in [0.15, 0.2) is 24.7 Å². The van der Waals surface area contributed by atoms with Gasteiger partial charge in [0.05, 0.1) is 36.1 Å². The first-order valence-corrected chi connectivity index (χ1v) is 12.6. The number of rotatable bonds is 6. The van der Waals surface area contributed by atoms with Crippen molar-refractivity contribution in [2.75, 3.05) is 23.4 Å². The first-order chi connectivity index (χ1) is 16.8. The molecule has 2 fully saturated rings. The van der Waals surface area contributed by atoms with Gasteiger partial charge in [-0.05, 0) is 50.0 Å².